The second kappa shape index (κ2) is 6.28. The zero-order valence-electron chi connectivity index (χ0n) is 13.7. The smallest absolute Gasteiger partial charge is 0.192 e. The molecule has 4 nitrogen and oxygen atoms in total. The third kappa shape index (κ3) is 3.92. The summed E-state index contributed by atoms with van der Waals surface area (Å²) in [4.78, 5) is 0. The average Bonchev–Trinajstić information content (AvgIpc) is 2.62. The van der Waals surface area contributed by atoms with Crippen molar-refractivity contribution < 1.29 is 19.0 Å². The van der Waals surface area contributed by atoms with E-state index in [1.165, 1.54) is 0 Å². The maximum absolute atomic E-state index is 10.7. The van der Waals surface area contributed by atoms with Crippen molar-refractivity contribution in [2.45, 2.75) is 69.7 Å². The maximum Gasteiger partial charge on any atom is 0.192 e. The molecule has 1 aliphatic heterocycles. The fourth-order valence-electron chi connectivity index (χ4n) is 2.08. The lowest BCUT2D eigenvalue weighted by Crippen LogP contribution is -2.47. The predicted molar refractivity (Wildman–Crippen MR) is 83.2 cm³/mol. The van der Waals surface area contributed by atoms with E-state index < -0.39 is 13.9 Å². The van der Waals surface area contributed by atoms with Crippen LogP contribution in [0.1, 0.15) is 33.6 Å². The van der Waals surface area contributed by atoms with Gasteiger partial charge in [-0.25, -0.2) is 0 Å². The van der Waals surface area contributed by atoms with Gasteiger partial charge in [-0.2, -0.15) is 0 Å². The Balaban J connectivity index is 2.72. The van der Waals surface area contributed by atoms with Crippen LogP contribution in [0.25, 0.3) is 0 Å². The van der Waals surface area contributed by atoms with Gasteiger partial charge in [-0.3, -0.25) is 0 Å². The summed E-state index contributed by atoms with van der Waals surface area (Å²) >= 11 is 0. The van der Waals surface area contributed by atoms with Crippen molar-refractivity contribution in [1.29, 1.82) is 0 Å². The lowest BCUT2D eigenvalue weighted by atomic mass is 9.92. The lowest BCUT2D eigenvalue weighted by molar-refractivity contribution is -0.133. The standard InChI is InChI=1S/C15H30O4Si/c1-8-9-15(16)10-13(17-5)19-12(15)11-18-20(6,7)14(2,3)4/h8,12-13,16H,1,9-11H2,2-7H3/t12-,13+,15+/m1/s1. The first-order chi connectivity index (χ1) is 9.05. The van der Waals surface area contributed by atoms with Crippen LogP contribution in [0.4, 0.5) is 0 Å². The SMILES string of the molecule is C=CC[C@]1(O)C[C@@H](OC)O[C@@H]1CO[Si](C)(C)C(C)(C)C. The van der Waals surface area contributed by atoms with Crippen LogP contribution in [-0.2, 0) is 13.9 Å². The number of hydrogen-bond acceptors (Lipinski definition) is 4. The zero-order valence-corrected chi connectivity index (χ0v) is 14.7. The molecule has 0 aliphatic carbocycles. The summed E-state index contributed by atoms with van der Waals surface area (Å²) in [6.07, 6.45) is 1.94. The average molecular weight is 302 g/mol. The van der Waals surface area contributed by atoms with Gasteiger partial charge in [0.1, 0.15) is 11.7 Å². The molecule has 5 heteroatoms. The molecule has 0 unspecified atom stereocenters. The number of methoxy groups -OCH3 is 1. The van der Waals surface area contributed by atoms with Crippen molar-refractivity contribution in [3.05, 3.63) is 12.7 Å². The highest BCUT2D eigenvalue weighted by Gasteiger charge is 2.48. The summed E-state index contributed by atoms with van der Waals surface area (Å²) in [5.41, 5.74) is -0.940. The van der Waals surface area contributed by atoms with Crippen molar-refractivity contribution in [2.75, 3.05) is 13.7 Å². The van der Waals surface area contributed by atoms with Gasteiger partial charge >= 0.3 is 0 Å². The molecule has 20 heavy (non-hydrogen) atoms. The Morgan fingerprint density at radius 1 is 1.45 bits per heavy atom. The van der Waals surface area contributed by atoms with Crippen molar-refractivity contribution in [3.8, 4) is 0 Å². The Kier molecular flexibility index (Phi) is 5.60. The summed E-state index contributed by atoms with van der Waals surface area (Å²) in [5, 5.41) is 10.9. The Morgan fingerprint density at radius 2 is 2.05 bits per heavy atom. The predicted octanol–water partition coefficient (Wildman–Crippen LogP) is 3.08. The number of hydrogen-bond donors (Lipinski definition) is 1. The molecule has 0 spiro atoms. The molecular weight excluding hydrogens is 272 g/mol. The summed E-state index contributed by atoms with van der Waals surface area (Å²) in [7, 11) is -0.255. The molecule has 0 aromatic rings. The van der Waals surface area contributed by atoms with Crippen molar-refractivity contribution in [1.82, 2.24) is 0 Å². The molecule has 0 saturated carbocycles. The van der Waals surface area contributed by atoms with E-state index >= 15 is 0 Å². The molecule has 1 fully saturated rings. The monoisotopic (exact) mass is 302 g/mol. The second-order valence-corrected chi connectivity index (χ2v) is 12.0. The molecule has 118 valence electrons. The van der Waals surface area contributed by atoms with E-state index in [1.807, 2.05) is 0 Å². The molecule has 0 bridgehead atoms. The highest BCUT2D eigenvalue weighted by molar-refractivity contribution is 6.74. The van der Waals surface area contributed by atoms with Crippen LogP contribution >= 0.6 is 0 Å². The summed E-state index contributed by atoms with van der Waals surface area (Å²) in [5.74, 6) is 0. The first-order valence-corrected chi connectivity index (χ1v) is 10.1. The fraction of sp³-hybridized carbons (Fsp3) is 0.867. The first kappa shape index (κ1) is 17.8. The van der Waals surface area contributed by atoms with Crippen molar-refractivity contribution in [2.24, 2.45) is 0 Å². The zero-order chi connectivity index (χ0) is 15.6. The molecule has 1 heterocycles. The Morgan fingerprint density at radius 3 is 2.50 bits per heavy atom. The van der Waals surface area contributed by atoms with Gasteiger partial charge in [-0.15, -0.1) is 6.58 Å². The first-order valence-electron chi connectivity index (χ1n) is 7.21. The maximum atomic E-state index is 10.7. The minimum absolute atomic E-state index is 0.142. The van der Waals surface area contributed by atoms with Gasteiger partial charge in [0.05, 0.1) is 6.61 Å². The molecule has 0 radical (unpaired) electrons. The van der Waals surface area contributed by atoms with Gasteiger partial charge in [-0.05, 0) is 24.6 Å². The lowest BCUT2D eigenvalue weighted by Gasteiger charge is -2.38. The van der Waals surface area contributed by atoms with E-state index in [-0.39, 0.29) is 17.4 Å². The van der Waals surface area contributed by atoms with E-state index in [9.17, 15) is 5.11 Å². The number of rotatable bonds is 6. The van der Waals surface area contributed by atoms with Crippen LogP contribution in [-0.4, -0.2) is 45.1 Å². The molecule has 1 rings (SSSR count). The highest BCUT2D eigenvalue weighted by atomic mass is 28.4. The third-order valence-electron chi connectivity index (χ3n) is 4.60. The second-order valence-electron chi connectivity index (χ2n) is 7.16. The molecule has 1 saturated heterocycles. The van der Waals surface area contributed by atoms with E-state index in [0.29, 0.717) is 19.4 Å². The third-order valence-corrected chi connectivity index (χ3v) is 9.10. The molecule has 3 atom stereocenters. The summed E-state index contributed by atoms with van der Waals surface area (Å²) < 4.78 is 17.2. The van der Waals surface area contributed by atoms with Crippen LogP contribution in [0.2, 0.25) is 18.1 Å². The molecule has 1 N–H and O–H groups in total. The summed E-state index contributed by atoms with van der Waals surface area (Å²) in [6.45, 7) is 15.1. The van der Waals surface area contributed by atoms with E-state index in [1.54, 1.807) is 13.2 Å². The van der Waals surface area contributed by atoms with Crippen LogP contribution < -0.4 is 0 Å². The van der Waals surface area contributed by atoms with Gasteiger partial charge < -0.3 is 19.0 Å². The van der Waals surface area contributed by atoms with E-state index in [4.69, 9.17) is 13.9 Å². The minimum atomic E-state index is -1.85. The Bertz CT molecular complexity index is 337. The van der Waals surface area contributed by atoms with Gasteiger partial charge in [-0.1, -0.05) is 26.8 Å². The van der Waals surface area contributed by atoms with Crippen LogP contribution in [0.5, 0.6) is 0 Å². The Labute approximate surface area is 124 Å². The van der Waals surface area contributed by atoms with E-state index in [2.05, 4.69) is 40.4 Å². The van der Waals surface area contributed by atoms with Crippen LogP contribution in [0.15, 0.2) is 12.7 Å². The normalized spacial score (nSPS) is 31.6. The summed E-state index contributed by atoms with van der Waals surface area (Å²) in [6, 6.07) is 0. The van der Waals surface area contributed by atoms with Crippen LogP contribution in [0, 0.1) is 0 Å². The Hall–Kier alpha value is -0.203. The quantitative estimate of drug-likeness (QED) is 0.605. The van der Waals surface area contributed by atoms with Gasteiger partial charge in [0.2, 0.25) is 0 Å². The topological polar surface area (TPSA) is 47.9 Å². The largest absolute Gasteiger partial charge is 0.414 e. The molecule has 0 aromatic carbocycles. The van der Waals surface area contributed by atoms with Crippen LogP contribution in [0.3, 0.4) is 0 Å². The fourth-order valence-corrected chi connectivity index (χ4v) is 3.08. The minimum Gasteiger partial charge on any atom is -0.414 e. The van der Waals surface area contributed by atoms with Crippen molar-refractivity contribution >= 4 is 8.32 Å². The van der Waals surface area contributed by atoms with Gasteiger partial charge in [0.25, 0.3) is 0 Å². The number of aliphatic hydroxyl groups is 1. The molecular formula is C15H30O4Si. The molecule has 0 amide bonds. The van der Waals surface area contributed by atoms with E-state index in [0.717, 1.165) is 0 Å². The highest BCUT2D eigenvalue weighted by Crippen LogP contribution is 2.39. The molecule has 1 aliphatic rings. The van der Waals surface area contributed by atoms with Crippen molar-refractivity contribution in [3.63, 3.8) is 0 Å². The molecule has 0 aromatic heterocycles. The number of ether oxygens (including phenoxy) is 2. The van der Waals surface area contributed by atoms with Gasteiger partial charge in [0, 0.05) is 13.5 Å². The van der Waals surface area contributed by atoms with Gasteiger partial charge in [0.15, 0.2) is 14.6 Å².